The van der Waals surface area contributed by atoms with E-state index in [1.807, 2.05) is 0 Å². The lowest BCUT2D eigenvalue weighted by Crippen LogP contribution is -2.27. The maximum Gasteiger partial charge on any atom is 0.338 e. The second-order valence-corrected chi connectivity index (χ2v) is 6.62. The van der Waals surface area contributed by atoms with Crippen LogP contribution < -0.4 is 4.72 Å². The van der Waals surface area contributed by atoms with Gasteiger partial charge < -0.3 is 5.11 Å². The maximum absolute atomic E-state index is 13.8. The van der Waals surface area contributed by atoms with Crippen LogP contribution in [0.3, 0.4) is 0 Å². The molecule has 0 aliphatic carbocycles. The fourth-order valence-corrected chi connectivity index (χ4v) is 3.14. The Hall–Kier alpha value is -0.830. The number of sulfonamides is 1. The van der Waals surface area contributed by atoms with Gasteiger partial charge in [0.1, 0.15) is 4.90 Å². The van der Waals surface area contributed by atoms with Crippen molar-refractivity contribution in [2.24, 2.45) is 0 Å². The summed E-state index contributed by atoms with van der Waals surface area (Å²) in [7, 11) is -4.13. The molecule has 1 rings (SSSR count). The lowest BCUT2D eigenvalue weighted by atomic mass is 10.2. The molecule has 0 heterocycles. The molecule has 106 valence electrons. The molecule has 0 amide bonds. The number of rotatable bonds is 6. The summed E-state index contributed by atoms with van der Waals surface area (Å²) in [5, 5.41) is 8.61. The van der Waals surface area contributed by atoms with Crippen molar-refractivity contribution in [3.8, 4) is 0 Å². The summed E-state index contributed by atoms with van der Waals surface area (Å²) >= 11 is 7.02. The largest absolute Gasteiger partial charge is 0.478 e. The van der Waals surface area contributed by atoms with E-state index in [2.05, 4.69) is 4.72 Å². The van der Waals surface area contributed by atoms with Gasteiger partial charge in [0.2, 0.25) is 10.0 Å². The number of nitrogens with one attached hydrogen (secondary N) is 1. The predicted octanol–water partition coefficient (Wildman–Crippen LogP) is 1.82. The first-order valence-corrected chi connectivity index (χ1v) is 8.26. The third kappa shape index (κ3) is 4.07. The number of carboxylic acids is 1. The van der Waals surface area contributed by atoms with Crippen molar-refractivity contribution in [1.82, 2.24) is 4.72 Å². The van der Waals surface area contributed by atoms with E-state index in [4.69, 9.17) is 16.7 Å². The van der Waals surface area contributed by atoms with Gasteiger partial charge in [-0.25, -0.2) is 22.3 Å². The van der Waals surface area contributed by atoms with Crippen LogP contribution in [0.5, 0.6) is 0 Å². The lowest BCUT2D eigenvalue weighted by molar-refractivity contribution is 0.0691. The molecule has 2 N–H and O–H groups in total. The van der Waals surface area contributed by atoms with Crippen LogP contribution in [0.15, 0.2) is 17.0 Å². The van der Waals surface area contributed by atoms with Crippen LogP contribution in [-0.4, -0.2) is 38.0 Å². The Kier molecular flexibility index (Phi) is 5.60. The molecular formula is C10H11ClFNO4S2. The summed E-state index contributed by atoms with van der Waals surface area (Å²) in [6.07, 6.45) is 1.79. The monoisotopic (exact) mass is 327 g/mol. The Labute approximate surface area is 119 Å². The first kappa shape index (κ1) is 16.2. The Balaban J connectivity index is 3.23. The van der Waals surface area contributed by atoms with Crippen LogP contribution >= 0.6 is 23.4 Å². The fraction of sp³-hybridized carbons (Fsp3) is 0.300. The minimum atomic E-state index is -4.13. The molecule has 0 atom stereocenters. The highest BCUT2D eigenvalue weighted by Gasteiger charge is 2.24. The van der Waals surface area contributed by atoms with Gasteiger partial charge in [-0.3, -0.25) is 0 Å². The van der Waals surface area contributed by atoms with E-state index in [0.717, 1.165) is 12.1 Å². The molecule has 0 saturated carbocycles. The summed E-state index contributed by atoms with van der Waals surface area (Å²) in [5.74, 6) is -2.40. The number of thioether (sulfide) groups is 1. The Morgan fingerprint density at radius 1 is 1.53 bits per heavy atom. The van der Waals surface area contributed by atoms with Crippen molar-refractivity contribution >= 4 is 39.4 Å². The van der Waals surface area contributed by atoms with Crippen molar-refractivity contribution in [3.63, 3.8) is 0 Å². The number of carbonyl (C=O) groups is 1. The SMILES string of the molecule is CSCCNS(=O)(=O)c1cc(Cl)cc(C(=O)O)c1F. The van der Waals surface area contributed by atoms with Gasteiger partial charge in [-0.1, -0.05) is 11.6 Å². The molecule has 0 radical (unpaired) electrons. The van der Waals surface area contributed by atoms with Gasteiger partial charge in [0.25, 0.3) is 0 Å². The topological polar surface area (TPSA) is 83.5 Å². The zero-order chi connectivity index (χ0) is 14.6. The van der Waals surface area contributed by atoms with Gasteiger partial charge in [0.05, 0.1) is 5.56 Å². The van der Waals surface area contributed by atoms with E-state index >= 15 is 0 Å². The van der Waals surface area contributed by atoms with E-state index in [0.29, 0.717) is 5.75 Å². The second-order valence-electron chi connectivity index (χ2n) is 3.46. The molecule has 0 aliphatic heterocycles. The van der Waals surface area contributed by atoms with Gasteiger partial charge in [-0.15, -0.1) is 0 Å². The Morgan fingerprint density at radius 2 is 2.16 bits per heavy atom. The third-order valence-electron chi connectivity index (χ3n) is 2.12. The Bertz CT molecular complexity index is 591. The van der Waals surface area contributed by atoms with Gasteiger partial charge in [-0.2, -0.15) is 11.8 Å². The average Bonchev–Trinajstić information content (AvgIpc) is 2.31. The van der Waals surface area contributed by atoms with Crippen molar-refractivity contribution in [2.75, 3.05) is 18.6 Å². The van der Waals surface area contributed by atoms with Crippen molar-refractivity contribution < 1.29 is 22.7 Å². The quantitative estimate of drug-likeness (QED) is 0.779. The summed E-state index contributed by atoms with van der Waals surface area (Å²) < 4.78 is 39.7. The standard InChI is InChI=1S/C10H11ClFNO4S2/c1-18-3-2-13-19(16,17)8-5-6(11)4-7(9(8)12)10(14)15/h4-5,13H,2-3H2,1H3,(H,14,15). The highest BCUT2D eigenvalue weighted by molar-refractivity contribution is 7.98. The molecule has 1 aromatic rings. The molecule has 9 heteroatoms. The highest BCUT2D eigenvalue weighted by Crippen LogP contribution is 2.23. The third-order valence-corrected chi connectivity index (χ3v) is 4.41. The molecule has 0 saturated heterocycles. The first-order valence-electron chi connectivity index (χ1n) is 5.00. The van der Waals surface area contributed by atoms with E-state index in [1.54, 1.807) is 6.26 Å². The maximum atomic E-state index is 13.8. The molecule has 0 spiro atoms. The molecule has 0 unspecified atom stereocenters. The summed E-state index contributed by atoms with van der Waals surface area (Å²) in [5.41, 5.74) is -0.780. The highest BCUT2D eigenvalue weighted by atomic mass is 35.5. The predicted molar refractivity (Wildman–Crippen MR) is 71.9 cm³/mol. The molecule has 1 aromatic carbocycles. The molecule has 19 heavy (non-hydrogen) atoms. The number of carboxylic acid groups (broad SMARTS) is 1. The molecule has 0 fully saturated rings. The molecule has 0 aliphatic rings. The number of aromatic carboxylic acids is 1. The van der Waals surface area contributed by atoms with Crippen molar-refractivity contribution in [1.29, 1.82) is 0 Å². The smallest absolute Gasteiger partial charge is 0.338 e. The zero-order valence-electron chi connectivity index (χ0n) is 9.81. The number of hydrogen-bond donors (Lipinski definition) is 2. The summed E-state index contributed by atoms with van der Waals surface area (Å²) in [4.78, 5) is 10.0. The minimum absolute atomic E-state index is 0.109. The van der Waals surface area contributed by atoms with E-state index in [-0.39, 0.29) is 11.6 Å². The molecule has 0 aromatic heterocycles. The van der Waals surface area contributed by atoms with Crippen LogP contribution in [0, 0.1) is 5.82 Å². The number of hydrogen-bond acceptors (Lipinski definition) is 4. The second kappa shape index (κ2) is 6.56. The van der Waals surface area contributed by atoms with Gasteiger partial charge in [-0.05, 0) is 18.4 Å². The van der Waals surface area contributed by atoms with Gasteiger partial charge in [0.15, 0.2) is 5.82 Å². The normalized spacial score (nSPS) is 11.5. The van der Waals surface area contributed by atoms with Gasteiger partial charge >= 0.3 is 5.97 Å². The lowest BCUT2D eigenvalue weighted by Gasteiger charge is -2.09. The minimum Gasteiger partial charge on any atom is -0.478 e. The molecule has 0 bridgehead atoms. The Morgan fingerprint density at radius 3 is 2.68 bits per heavy atom. The zero-order valence-corrected chi connectivity index (χ0v) is 12.2. The first-order chi connectivity index (χ1) is 8.79. The number of halogens is 2. The van der Waals surface area contributed by atoms with Gasteiger partial charge in [0, 0.05) is 17.3 Å². The van der Waals surface area contributed by atoms with E-state index < -0.39 is 32.3 Å². The van der Waals surface area contributed by atoms with Crippen molar-refractivity contribution in [3.05, 3.63) is 28.5 Å². The van der Waals surface area contributed by atoms with E-state index in [9.17, 15) is 17.6 Å². The fourth-order valence-electron chi connectivity index (χ4n) is 1.27. The van der Waals surface area contributed by atoms with Crippen LogP contribution in [0.25, 0.3) is 0 Å². The van der Waals surface area contributed by atoms with E-state index in [1.165, 1.54) is 11.8 Å². The van der Waals surface area contributed by atoms with Crippen LogP contribution in [0.4, 0.5) is 4.39 Å². The van der Waals surface area contributed by atoms with Crippen molar-refractivity contribution in [2.45, 2.75) is 4.90 Å². The summed E-state index contributed by atoms with van der Waals surface area (Å²) in [6, 6.07) is 1.74. The summed E-state index contributed by atoms with van der Waals surface area (Å²) in [6.45, 7) is 0.109. The van der Waals surface area contributed by atoms with Crippen LogP contribution in [0.1, 0.15) is 10.4 Å². The van der Waals surface area contributed by atoms with Crippen LogP contribution in [0.2, 0.25) is 5.02 Å². The van der Waals surface area contributed by atoms with Crippen LogP contribution in [-0.2, 0) is 10.0 Å². The molecule has 5 nitrogen and oxygen atoms in total. The molecular weight excluding hydrogens is 317 g/mol. The number of benzene rings is 1. The average molecular weight is 328 g/mol.